The molecule has 0 heterocycles. The van der Waals surface area contributed by atoms with E-state index in [1.54, 1.807) is 0 Å². The van der Waals surface area contributed by atoms with Gasteiger partial charge in [-0.05, 0) is 37.4 Å². The molecule has 0 spiro atoms. The quantitative estimate of drug-likeness (QED) is 0.528. The number of hydrogen-bond donors (Lipinski definition) is 1. The first-order valence-electron chi connectivity index (χ1n) is 7.29. The van der Waals surface area contributed by atoms with Crippen LogP contribution >= 0.6 is 0 Å². The first-order valence-corrected chi connectivity index (χ1v) is 7.29. The Kier molecular flexibility index (Phi) is 8.47. The molecule has 0 bridgehead atoms. The van der Waals surface area contributed by atoms with E-state index in [2.05, 4.69) is 6.92 Å². The third-order valence-electron chi connectivity index (χ3n) is 3.27. The van der Waals surface area contributed by atoms with E-state index >= 15 is 0 Å². The van der Waals surface area contributed by atoms with E-state index in [-0.39, 0.29) is 5.97 Å². The Morgan fingerprint density at radius 3 is 2.60 bits per heavy atom. The van der Waals surface area contributed by atoms with Crippen LogP contribution in [0.1, 0.15) is 32.6 Å². The maximum atomic E-state index is 11.6. The van der Waals surface area contributed by atoms with Crippen molar-refractivity contribution in [3.63, 3.8) is 0 Å². The molecule has 2 N–H and O–H groups in total. The molecule has 0 radical (unpaired) electrons. The van der Waals surface area contributed by atoms with Gasteiger partial charge in [-0.2, -0.15) is 0 Å². The number of esters is 1. The molecule has 1 rings (SSSR count). The lowest BCUT2D eigenvalue weighted by Crippen LogP contribution is -2.14. The van der Waals surface area contributed by atoms with Gasteiger partial charge in [0.15, 0.2) is 0 Å². The van der Waals surface area contributed by atoms with Crippen LogP contribution in [0.25, 0.3) is 0 Å². The second kappa shape index (κ2) is 10.3. The first kappa shape index (κ1) is 16.5. The zero-order valence-electron chi connectivity index (χ0n) is 12.2. The average Bonchev–Trinajstić information content (AvgIpc) is 2.49. The van der Waals surface area contributed by atoms with Gasteiger partial charge in [0.05, 0.1) is 0 Å². The second-order valence-electron chi connectivity index (χ2n) is 4.77. The summed E-state index contributed by atoms with van der Waals surface area (Å²) in [4.78, 5) is 11.6. The molecule has 112 valence electrons. The average molecular weight is 279 g/mol. The summed E-state index contributed by atoms with van der Waals surface area (Å²) in [6.07, 6.45) is 3.35. The predicted molar refractivity (Wildman–Crippen MR) is 79.6 cm³/mol. The lowest BCUT2D eigenvalue weighted by molar-refractivity contribution is -0.144. The number of benzene rings is 1. The number of ether oxygens (including phenoxy) is 2. The summed E-state index contributed by atoms with van der Waals surface area (Å²) in [5, 5.41) is 0. The zero-order valence-corrected chi connectivity index (χ0v) is 12.2. The molecule has 1 atom stereocenters. The van der Waals surface area contributed by atoms with Gasteiger partial charge in [0.1, 0.15) is 19.0 Å². The number of carbonyl (C=O) groups is 1. The van der Waals surface area contributed by atoms with Gasteiger partial charge in [-0.1, -0.05) is 31.5 Å². The van der Waals surface area contributed by atoms with Gasteiger partial charge in [-0.3, -0.25) is 4.79 Å². The Hall–Kier alpha value is -1.55. The molecule has 20 heavy (non-hydrogen) atoms. The molecule has 1 aromatic rings. The van der Waals surface area contributed by atoms with E-state index in [9.17, 15) is 4.79 Å². The van der Waals surface area contributed by atoms with Crippen LogP contribution < -0.4 is 10.5 Å². The predicted octanol–water partition coefficient (Wildman–Crippen LogP) is 2.76. The Labute approximate surface area is 121 Å². The van der Waals surface area contributed by atoms with Gasteiger partial charge in [0.25, 0.3) is 0 Å². The number of carbonyl (C=O) groups excluding carboxylic acids is 1. The fourth-order valence-corrected chi connectivity index (χ4v) is 2.01. The van der Waals surface area contributed by atoms with Crippen molar-refractivity contribution < 1.29 is 14.3 Å². The smallest absolute Gasteiger partial charge is 0.305 e. The standard InChI is InChI=1S/C16H25NO3/c1-2-14(10-11-17)8-9-16(18)20-13-12-19-15-6-4-3-5-7-15/h3-7,14H,2,8-13,17H2,1H3. The van der Waals surface area contributed by atoms with Crippen LogP contribution in [0.5, 0.6) is 5.75 Å². The minimum atomic E-state index is -0.155. The molecular formula is C16H25NO3. The van der Waals surface area contributed by atoms with E-state index in [1.165, 1.54) is 0 Å². The first-order chi connectivity index (χ1) is 9.76. The number of nitrogens with two attached hydrogens (primary N) is 1. The van der Waals surface area contributed by atoms with Crippen LogP contribution in [-0.2, 0) is 9.53 Å². The molecule has 1 unspecified atom stereocenters. The SMILES string of the molecule is CCC(CCN)CCC(=O)OCCOc1ccccc1. The molecular weight excluding hydrogens is 254 g/mol. The molecule has 0 aliphatic carbocycles. The van der Waals surface area contributed by atoms with Crippen LogP contribution in [0, 0.1) is 5.92 Å². The van der Waals surface area contributed by atoms with Gasteiger partial charge in [0, 0.05) is 6.42 Å². The Morgan fingerprint density at radius 1 is 1.20 bits per heavy atom. The normalized spacial score (nSPS) is 11.9. The lowest BCUT2D eigenvalue weighted by atomic mass is 9.97. The summed E-state index contributed by atoms with van der Waals surface area (Å²) in [6.45, 7) is 3.48. The second-order valence-corrected chi connectivity index (χ2v) is 4.77. The number of para-hydroxylation sites is 1. The van der Waals surface area contributed by atoms with Crippen LogP contribution in [0.2, 0.25) is 0 Å². The van der Waals surface area contributed by atoms with Crippen molar-refractivity contribution in [2.75, 3.05) is 19.8 Å². The van der Waals surface area contributed by atoms with Crippen molar-refractivity contribution in [2.45, 2.75) is 32.6 Å². The van der Waals surface area contributed by atoms with Crippen LogP contribution in [0.3, 0.4) is 0 Å². The Bertz CT molecular complexity index is 367. The largest absolute Gasteiger partial charge is 0.490 e. The highest BCUT2D eigenvalue weighted by atomic mass is 16.6. The highest BCUT2D eigenvalue weighted by Gasteiger charge is 2.09. The van der Waals surface area contributed by atoms with E-state index in [0.29, 0.717) is 32.1 Å². The van der Waals surface area contributed by atoms with Crippen LogP contribution in [-0.4, -0.2) is 25.7 Å². The molecule has 0 amide bonds. The van der Waals surface area contributed by atoms with Crippen molar-refractivity contribution in [1.29, 1.82) is 0 Å². The van der Waals surface area contributed by atoms with Gasteiger partial charge in [-0.15, -0.1) is 0 Å². The fourth-order valence-electron chi connectivity index (χ4n) is 2.01. The van der Waals surface area contributed by atoms with Crippen molar-refractivity contribution in [1.82, 2.24) is 0 Å². The van der Waals surface area contributed by atoms with E-state index < -0.39 is 0 Å². The Balaban J connectivity index is 2.08. The van der Waals surface area contributed by atoms with Gasteiger partial charge < -0.3 is 15.2 Å². The minimum Gasteiger partial charge on any atom is -0.490 e. The molecule has 4 heteroatoms. The highest BCUT2D eigenvalue weighted by Crippen LogP contribution is 2.14. The van der Waals surface area contributed by atoms with Crippen LogP contribution in [0.4, 0.5) is 0 Å². The molecule has 0 saturated heterocycles. The van der Waals surface area contributed by atoms with Crippen molar-refractivity contribution in [3.8, 4) is 5.75 Å². The molecule has 1 aromatic carbocycles. The third kappa shape index (κ3) is 7.14. The maximum Gasteiger partial charge on any atom is 0.305 e. The van der Waals surface area contributed by atoms with E-state index in [4.69, 9.17) is 15.2 Å². The van der Waals surface area contributed by atoms with Crippen LogP contribution in [0.15, 0.2) is 30.3 Å². The Morgan fingerprint density at radius 2 is 1.95 bits per heavy atom. The molecule has 0 fully saturated rings. The molecule has 0 aliphatic rings. The summed E-state index contributed by atoms with van der Waals surface area (Å²) in [5.41, 5.74) is 5.53. The molecule has 4 nitrogen and oxygen atoms in total. The molecule has 0 saturated carbocycles. The third-order valence-corrected chi connectivity index (χ3v) is 3.27. The van der Waals surface area contributed by atoms with Gasteiger partial charge in [-0.25, -0.2) is 0 Å². The van der Waals surface area contributed by atoms with Crippen molar-refractivity contribution >= 4 is 5.97 Å². The number of hydrogen-bond acceptors (Lipinski definition) is 4. The summed E-state index contributed by atoms with van der Waals surface area (Å²) < 4.78 is 10.6. The monoisotopic (exact) mass is 279 g/mol. The summed E-state index contributed by atoms with van der Waals surface area (Å²) in [5.74, 6) is 1.16. The highest BCUT2D eigenvalue weighted by molar-refractivity contribution is 5.69. The number of rotatable bonds is 10. The minimum absolute atomic E-state index is 0.155. The topological polar surface area (TPSA) is 61.6 Å². The maximum absolute atomic E-state index is 11.6. The lowest BCUT2D eigenvalue weighted by Gasteiger charge is -2.13. The van der Waals surface area contributed by atoms with Gasteiger partial charge >= 0.3 is 5.97 Å². The summed E-state index contributed by atoms with van der Waals surface area (Å²) >= 11 is 0. The summed E-state index contributed by atoms with van der Waals surface area (Å²) in [6, 6.07) is 9.49. The molecule has 0 aromatic heterocycles. The van der Waals surface area contributed by atoms with Crippen molar-refractivity contribution in [3.05, 3.63) is 30.3 Å². The van der Waals surface area contributed by atoms with E-state index in [0.717, 1.165) is 25.0 Å². The van der Waals surface area contributed by atoms with E-state index in [1.807, 2.05) is 30.3 Å². The van der Waals surface area contributed by atoms with Crippen molar-refractivity contribution in [2.24, 2.45) is 11.7 Å². The fraction of sp³-hybridized carbons (Fsp3) is 0.562. The molecule has 0 aliphatic heterocycles. The summed E-state index contributed by atoms with van der Waals surface area (Å²) in [7, 11) is 0. The zero-order chi connectivity index (χ0) is 14.6. The van der Waals surface area contributed by atoms with Gasteiger partial charge in [0.2, 0.25) is 0 Å².